The molecule has 2 aromatic rings. The summed E-state index contributed by atoms with van der Waals surface area (Å²) in [5, 5.41) is 12.2. The summed E-state index contributed by atoms with van der Waals surface area (Å²) in [5.41, 5.74) is 1.84. The second kappa shape index (κ2) is 8.52. The first-order valence-electron chi connectivity index (χ1n) is 7.21. The lowest BCUT2D eigenvalue weighted by Crippen LogP contribution is -2.32. The molecular weight excluding hydrogens is 346 g/mol. The monoisotopic (exact) mass is 365 g/mol. The third kappa shape index (κ3) is 4.83. The van der Waals surface area contributed by atoms with Gasteiger partial charge in [-0.3, -0.25) is 5.41 Å². The Morgan fingerprint density at radius 1 is 1.26 bits per heavy atom. The summed E-state index contributed by atoms with van der Waals surface area (Å²) in [6.07, 6.45) is 2.04. The molecule has 0 fully saturated rings. The van der Waals surface area contributed by atoms with Gasteiger partial charge in [-0.25, -0.2) is 0 Å². The zero-order chi connectivity index (χ0) is 16.8. The number of nitrogens with one attached hydrogen (secondary N) is 2. The Bertz CT molecular complexity index is 691. The third-order valence-electron chi connectivity index (χ3n) is 3.27. The molecule has 23 heavy (non-hydrogen) atoms. The lowest BCUT2D eigenvalue weighted by Gasteiger charge is -2.22. The van der Waals surface area contributed by atoms with Crippen molar-refractivity contribution in [2.75, 3.05) is 29.3 Å². The number of rotatable bonds is 5. The highest BCUT2D eigenvalue weighted by atomic mass is 35.5. The van der Waals surface area contributed by atoms with E-state index >= 15 is 0 Å². The minimum atomic E-state index is 0.309. The van der Waals surface area contributed by atoms with E-state index in [0.29, 0.717) is 11.0 Å². The van der Waals surface area contributed by atoms with E-state index in [1.54, 1.807) is 23.5 Å². The fourth-order valence-electron chi connectivity index (χ4n) is 2.04. The molecule has 0 aliphatic carbocycles. The molecule has 0 atom stereocenters. The number of guanidine groups is 1. The van der Waals surface area contributed by atoms with Crippen molar-refractivity contribution in [1.29, 1.82) is 5.41 Å². The van der Waals surface area contributed by atoms with E-state index in [0.717, 1.165) is 22.0 Å². The maximum Gasteiger partial charge on any atom is 0.199 e. The zero-order valence-electron chi connectivity index (χ0n) is 13.4. The van der Waals surface area contributed by atoms with E-state index in [4.69, 9.17) is 17.0 Å². The van der Waals surface area contributed by atoms with Gasteiger partial charge >= 0.3 is 0 Å². The fourth-order valence-corrected chi connectivity index (χ4v) is 3.41. The normalized spacial score (nSPS) is 10.4. The summed E-state index contributed by atoms with van der Waals surface area (Å²) in [5.74, 6) is 1.28. The molecule has 0 bridgehead atoms. The van der Waals surface area contributed by atoms with E-state index in [2.05, 4.69) is 24.4 Å². The van der Waals surface area contributed by atoms with Crippen molar-refractivity contribution < 1.29 is 0 Å². The Morgan fingerprint density at radius 3 is 2.74 bits per heavy atom. The molecule has 0 heterocycles. The predicted molar refractivity (Wildman–Crippen MR) is 106 cm³/mol. The van der Waals surface area contributed by atoms with Gasteiger partial charge in [0.15, 0.2) is 5.96 Å². The number of benzene rings is 2. The highest BCUT2D eigenvalue weighted by molar-refractivity contribution is 7.99. The number of nitrogens with zero attached hydrogens (tertiary/aromatic N) is 1. The lowest BCUT2D eigenvalue weighted by molar-refractivity contribution is 1.20. The van der Waals surface area contributed by atoms with Crippen molar-refractivity contribution in [3.05, 3.63) is 47.5 Å². The van der Waals surface area contributed by atoms with Gasteiger partial charge in [0.1, 0.15) is 0 Å². The van der Waals surface area contributed by atoms with Crippen LogP contribution in [0.25, 0.3) is 0 Å². The van der Waals surface area contributed by atoms with Crippen LogP contribution >= 0.6 is 35.1 Å². The van der Waals surface area contributed by atoms with Crippen LogP contribution in [0.2, 0.25) is 5.02 Å². The number of anilines is 2. The minimum Gasteiger partial charge on any atom is -0.325 e. The molecule has 122 valence electrons. The second-order valence-electron chi connectivity index (χ2n) is 4.81. The smallest absolute Gasteiger partial charge is 0.199 e. The van der Waals surface area contributed by atoms with Gasteiger partial charge in [-0.05, 0) is 48.4 Å². The van der Waals surface area contributed by atoms with Crippen LogP contribution in [0.1, 0.15) is 6.92 Å². The maximum absolute atomic E-state index is 8.35. The van der Waals surface area contributed by atoms with E-state index in [1.807, 2.05) is 48.5 Å². The topological polar surface area (TPSA) is 39.1 Å². The average molecular weight is 366 g/mol. The third-order valence-corrected chi connectivity index (χ3v) is 5.19. The van der Waals surface area contributed by atoms with Crippen molar-refractivity contribution in [2.45, 2.75) is 16.7 Å². The lowest BCUT2D eigenvalue weighted by atomic mass is 10.3. The Kier molecular flexibility index (Phi) is 6.69. The van der Waals surface area contributed by atoms with Crippen LogP contribution in [0.4, 0.5) is 11.4 Å². The van der Waals surface area contributed by atoms with Gasteiger partial charge in [0.05, 0.1) is 5.69 Å². The SMILES string of the molecule is CCSc1ccc(Cl)cc1NC(=N)N(C)c1cccc(SC)c1. The zero-order valence-corrected chi connectivity index (χ0v) is 15.8. The summed E-state index contributed by atoms with van der Waals surface area (Å²) in [6, 6.07) is 13.9. The van der Waals surface area contributed by atoms with Crippen LogP contribution < -0.4 is 10.2 Å². The highest BCUT2D eigenvalue weighted by Crippen LogP contribution is 2.30. The number of halogens is 1. The van der Waals surface area contributed by atoms with Gasteiger partial charge in [-0.15, -0.1) is 23.5 Å². The summed E-state index contributed by atoms with van der Waals surface area (Å²) >= 11 is 9.52. The van der Waals surface area contributed by atoms with E-state index < -0.39 is 0 Å². The van der Waals surface area contributed by atoms with Crippen molar-refractivity contribution in [2.24, 2.45) is 0 Å². The molecule has 3 nitrogen and oxygen atoms in total. The Hall–Kier alpha value is -1.30. The molecule has 0 amide bonds. The molecule has 2 aromatic carbocycles. The minimum absolute atomic E-state index is 0.309. The molecule has 0 saturated carbocycles. The van der Waals surface area contributed by atoms with Crippen LogP contribution in [0.15, 0.2) is 52.3 Å². The molecule has 2 rings (SSSR count). The first-order chi connectivity index (χ1) is 11.0. The van der Waals surface area contributed by atoms with Gasteiger partial charge in [0.25, 0.3) is 0 Å². The standard InChI is InChI=1S/C17H20ClN3S2/c1-4-23-16-9-8-12(18)10-15(16)20-17(19)21(2)13-6-5-7-14(11-13)22-3/h5-11H,4H2,1-3H3,(H2,19,20). The number of hydrogen-bond donors (Lipinski definition) is 2. The first kappa shape index (κ1) is 18.0. The van der Waals surface area contributed by atoms with Gasteiger partial charge in [-0.1, -0.05) is 24.6 Å². The van der Waals surface area contributed by atoms with Gasteiger partial charge < -0.3 is 10.2 Å². The molecule has 0 aromatic heterocycles. The predicted octanol–water partition coefficient (Wildman–Crippen LogP) is 5.66. The Balaban J connectivity index is 2.19. The molecule has 0 saturated heterocycles. The van der Waals surface area contributed by atoms with Crippen molar-refractivity contribution in [3.8, 4) is 0 Å². The Morgan fingerprint density at radius 2 is 2.04 bits per heavy atom. The molecule has 6 heteroatoms. The molecule has 0 unspecified atom stereocenters. The molecule has 0 radical (unpaired) electrons. The van der Waals surface area contributed by atoms with Crippen LogP contribution in [-0.2, 0) is 0 Å². The number of hydrogen-bond acceptors (Lipinski definition) is 3. The van der Waals surface area contributed by atoms with E-state index in [1.165, 1.54) is 4.90 Å². The molecule has 0 aliphatic heterocycles. The van der Waals surface area contributed by atoms with E-state index in [-0.39, 0.29) is 0 Å². The van der Waals surface area contributed by atoms with Gasteiger partial charge in [0.2, 0.25) is 0 Å². The quantitative estimate of drug-likeness (QED) is 0.407. The first-order valence-corrected chi connectivity index (χ1v) is 9.79. The van der Waals surface area contributed by atoms with Crippen LogP contribution in [0.3, 0.4) is 0 Å². The molecule has 0 spiro atoms. The number of thioether (sulfide) groups is 2. The molecule has 2 N–H and O–H groups in total. The largest absolute Gasteiger partial charge is 0.325 e. The average Bonchev–Trinajstić information content (AvgIpc) is 2.56. The van der Waals surface area contributed by atoms with Crippen molar-refractivity contribution in [3.63, 3.8) is 0 Å². The summed E-state index contributed by atoms with van der Waals surface area (Å²) in [7, 11) is 1.88. The Labute approximate surface area is 151 Å². The highest BCUT2D eigenvalue weighted by Gasteiger charge is 2.11. The van der Waals surface area contributed by atoms with Crippen LogP contribution in [-0.4, -0.2) is 25.0 Å². The summed E-state index contributed by atoms with van der Waals surface area (Å²) < 4.78 is 0. The van der Waals surface area contributed by atoms with Crippen molar-refractivity contribution in [1.82, 2.24) is 0 Å². The van der Waals surface area contributed by atoms with Crippen molar-refractivity contribution >= 4 is 52.5 Å². The maximum atomic E-state index is 8.35. The van der Waals surface area contributed by atoms with Gasteiger partial charge in [-0.2, -0.15) is 0 Å². The van der Waals surface area contributed by atoms with Crippen LogP contribution in [0, 0.1) is 5.41 Å². The van der Waals surface area contributed by atoms with Gasteiger partial charge in [0, 0.05) is 27.5 Å². The summed E-state index contributed by atoms with van der Waals surface area (Å²) in [4.78, 5) is 4.08. The van der Waals surface area contributed by atoms with Crippen LogP contribution in [0.5, 0.6) is 0 Å². The second-order valence-corrected chi connectivity index (χ2v) is 7.43. The molecular formula is C17H20ClN3S2. The summed E-state index contributed by atoms with van der Waals surface area (Å²) in [6.45, 7) is 2.11. The van der Waals surface area contributed by atoms with E-state index in [9.17, 15) is 0 Å². The molecule has 0 aliphatic rings. The fraction of sp³-hybridized carbons (Fsp3) is 0.235.